The van der Waals surface area contributed by atoms with Crippen LogP contribution in [0.25, 0.3) is 6.08 Å². The highest BCUT2D eigenvalue weighted by Crippen LogP contribution is 2.32. The number of hydrogen-bond acceptors (Lipinski definition) is 2. The second-order valence-electron chi connectivity index (χ2n) is 8.90. The summed E-state index contributed by atoms with van der Waals surface area (Å²) >= 11 is 6.03. The van der Waals surface area contributed by atoms with Gasteiger partial charge < -0.3 is 9.80 Å². The van der Waals surface area contributed by atoms with Gasteiger partial charge in [-0.25, -0.2) is 4.79 Å². The number of aryl methyl sites for hydroxylation is 1. The molecule has 2 aliphatic rings. The number of urea groups is 1. The number of piperidine rings is 1. The minimum Gasteiger partial charge on any atom is -0.324 e. The number of carbonyl (C=O) groups excluding carboxylic acids is 1. The molecule has 164 valence electrons. The lowest BCUT2D eigenvalue weighted by Crippen LogP contribution is -2.48. The van der Waals surface area contributed by atoms with E-state index in [9.17, 15) is 4.79 Å². The monoisotopic (exact) mass is 437 g/mol. The topological polar surface area (TPSA) is 26.8 Å². The van der Waals surface area contributed by atoms with Gasteiger partial charge in [-0.15, -0.1) is 0 Å². The van der Waals surface area contributed by atoms with Crippen molar-refractivity contribution in [1.82, 2.24) is 9.80 Å². The maximum absolute atomic E-state index is 13.4. The van der Waals surface area contributed by atoms with Gasteiger partial charge in [0.15, 0.2) is 0 Å². The number of likely N-dealkylation sites (tertiary alicyclic amines) is 1. The van der Waals surface area contributed by atoms with E-state index in [-0.39, 0.29) is 6.03 Å². The van der Waals surface area contributed by atoms with Gasteiger partial charge in [0.1, 0.15) is 0 Å². The van der Waals surface area contributed by atoms with Crippen LogP contribution in [0.1, 0.15) is 41.9 Å². The fraction of sp³-hybridized carbons (Fsp3) is 0.423. The Hall–Kier alpha value is -2.30. The maximum atomic E-state index is 13.4. The highest BCUT2D eigenvalue weighted by Gasteiger charge is 2.30. The molecule has 0 atom stereocenters. The van der Waals surface area contributed by atoms with Crippen LogP contribution in [0.3, 0.4) is 0 Å². The van der Waals surface area contributed by atoms with Crippen molar-refractivity contribution in [2.24, 2.45) is 0 Å². The summed E-state index contributed by atoms with van der Waals surface area (Å²) in [6.07, 6.45) is 8.41. The molecule has 1 saturated heterocycles. The lowest BCUT2D eigenvalue weighted by molar-refractivity contribution is 0.187. The van der Waals surface area contributed by atoms with Crippen molar-refractivity contribution >= 4 is 29.4 Å². The van der Waals surface area contributed by atoms with Gasteiger partial charge in [-0.05, 0) is 86.7 Å². The molecule has 2 heterocycles. The van der Waals surface area contributed by atoms with Gasteiger partial charge in [-0.3, -0.25) is 4.90 Å². The standard InChI is InChI=1S/C26H32ClN3O/c1-28(2)15-3-5-20-7-12-25-23(19-20)6-4-16-30(25)26(31)29-17-13-22(14-18-29)21-8-10-24(27)11-9-21/h3,5,7-12,19,22H,4,6,13-18H2,1-2H3. The van der Waals surface area contributed by atoms with Crippen LogP contribution < -0.4 is 4.90 Å². The van der Waals surface area contributed by atoms with Gasteiger partial charge in [0, 0.05) is 36.9 Å². The van der Waals surface area contributed by atoms with Crippen molar-refractivity contribution in [1.29, 1.82) is 0 Å². The molecule has 1 fully saturated rings. The number of rotatable bonds is 4. The quantitative estimate of drug-likeness (QED) is 0.616. The summed E-state index contributed by atoms with van der Waals surface area (Å²) in [5.74, 6) is 0.506. The third-order valence-electron chi connectivity index (χ3n) is 6.34. The molecule has 2 aromatic rings. The summed E-state index contributed by atoms with van der Waals surface area (Å²) in [6, 6.07) is 14.8. The fourth-order valence-electron chi connectivity index (χ4n) is 4.63. The predicted octanol–water partition coefficient (Wildman–Crippen LogP) is 5.67. The number of benzene rings is 2. The van der Waals surface area contributed by atoms with Crippen LogP contribution in [-0.2, 0) is 6.42 Å². The van der Waals surface area contributed by atoms with E-state index in [2.05, 4.69) is 61.5 Å². The van der Waals surface area contributed by atoms with E-state index in [4.69, 9.17) is 11.6 Å². The zero-order valence-electron chi connectivity index (χ0n) is 18.6. The molecular weight excluding hydrogens is 406 g/mol. The fourth-order valence-corrected chi connectivity index (χ4v) is 4.75. The summed E-state index contributed by atoms with van der Waals surface area (Å²) < 4.78 is 0. The molecule has 0 spiro atoms. The minimum atomic E-state index is 0.159. The second-order valence-corrected chi connectivity index (χ2v) is 9.34. The van der Waals surface area contributed by atoms with E-state index in [1.54, 1.807) is 0 Å². The molecule has 0 aliphatic carbocycles. The van der Waals surface area contributed by atoms with Crippen LogP contribution in [0.15, 0.2) is 48.5 Å². The Labute approximate surface area is 191 Å². The van der Waals surface area contributed by atoms with Crippen molar-refractivity contribution in [3.63, 3.8) is 0 Å². The molecule has 2 amide bonds. The Balaban J connectivity index is 1.41. The summed E-state index contributed by atoms with van der Waals surface area (Å²) in [7, 11) is 4.14. The molecule has 0 bridgehead atoms. The number of anilines is 1. The zero-order valence-corrected chi connectivity index (χ0v) is 19.3. The molecule has 2 aliphatic heterocycles. The summed E-state index contributed by atoms with van der Waals surface area (Å²) in [5.41, 5.74) is 4.90. The van der Waals surface area contributed by atoms with Gasteiger partial charge >= 0.3 is 6.03 Å². The maximum Gasteiger partial charge on any atom is 0.324 e. The third-order valence-corrected chi connectivity index (χ3v) is 6.59. The molecule has 4 nitrogen and oxygen atoms in total. The van der Waals surface area contributed by atoms with Crippen molar-refractivity contribution in [2.45, 2.75) is 31.6 Å². The van der Waals surface area contributed by atoms with Crippen LogP contribution >= 0.6 is 11.6 Å². The molecule has 0 unspecified atom stereocenters. The van der Waals surface area contributed by atoms with Crippen molar-refractivity contribution in [3.8, 4) is 0 Å². The van der Waals surface area contributed by atoms with E-state index >= 15 is 0 Å². The Morgan fingerprint density at radius 1 is 1.10 bits per heavy atom. The van der Waals surface area contributed by atoms with Crippen LogP contribution in [0.5, 0.6) is 0 Å². The van der Waals surface area contributed by atoms with E-state index in [0.717, 1.165) is 62.6 Å². The molecule has 2 aromatic carbocycles. The number of nitrogens with zero attached hydrogens (tertiary/aromatic N) is 3. The first-order chi connectivity index (χ1) is 15.0. The molecular formula is C26H32ClN3O. The average Bonchev–Trinajstić information content (AvgIpc) is 2.78. The summed E-state index contributed by atoms with van der Waals surface area (Å²) in [5, 5.41) is 0.775. The Kier molecular flexibility index (Phi) is 6.99. The average molecular weight is 438 g/mol. The molecule has 5 heteroatoms. The number of halogens is 1. The first-order valence-corrected chi connectivity index (χ1v) is 11.6. The lowest BCUT2D eigenvalue weighted by Gasteiger charge is -2.38. The van der Waals surface area contributed by atoms with Crippen molar-refractivity contribution in [2.75, 3.05) is 45.2 Å². The lowest BCUT2D eigenvalue weighted by atomic mass is 9.89. The highest BCUT2D eigenvalue weighted by atomic mass is 35.5. The minimum absolute atomic E-state index is 0.159. The molecule has 0 radical (unpaired) electrons. The molecule has 0 aromatic heterocycles. The van der Waals surface area contributed by atoms with Gasteiger partial charge in [0.05, 0.1) is 0 Å². The van der Waals surface area contributed by atoms with Crippen molar-refractivity contribution in [3.05, 3.63) is 70.3 Å². The molecule has 0 saturated carbocycles. The second kappa shape index (κ2) is 9.88. The number of amides is 2. The zero-order chi connectivity index (χ0) is 21.8. The van der Waals surface area contributed by atoms with Gasteiger partial charge in [0.25, 0.3) is 0 Å². The van der Waals surface area contributed by atoms with Crippen LogP contribution in [0.2, 0.25) is 5.02 Å². The summed E-state index contributed by atoms with van der Waals surface area (Å²) in [4.78, 5) is 19.5. The van der Waals surface area contributed by atoms with Crippen LogP contribution in [0.4, 0.5) is 10.5 Å². The molecule has 4 rings (SSSR count). The smallest absolute Gasteiger partial charge is 0.324 e. The van der Waals surface area contributed by atoms with Crippen molar-refractivity contribution < 1.29 is 4.79 Å². The van der Waals surface area contributed by atoms with Gasteiger partial charge in [-0.1, -0.05) is 42.0 Å². The number of hydrogen-bond donors (Lipinski definition) is 0. The first kappa shape index (κ1) is 21.9. The Bertz CT molecular complexity index is 930. The normalized spacial score (nSPS) is 17.4. The molecule has 31 heavy (non-hydrogen) atoms. The van der Waals surface area contributed by atoms with Crippen LogP contribution in [-0.4, -0.2) is 56.1 Å². The van der Waals surface area contributed by atoms with E-state index in [1.165, 1.54) is 16.7 Å². The SMILES string of the molecule is CN(C)CC=Cc1ccc2c(c1)CCCN2C(=O)N1CCC(c2ccc(Cl)cc2)CC1. The van der Waals surface area contributed by atoms with Gasteiger partial charge in [0.2, 0.25) is 0 Å². The highest BCUT2D eigenvalue weighted by molar-refractivity contribution is 6.30. The number of fused-ring (bicyclic) bond motifs is 1. The third kappa shape index (κ3) is 5.31. The van der Waals surface area contributed by atoms with Gasteiger partial charge in [-0.2, -0.15) is 0 Å². The predicted molar refractivity (Wildman–Crippen MR) is 130 cm³/mol. The van der Waals surface area contributed by atoms with E-state index < -0.39 is 0 Å². The Morgan fingerprint density at radius 3 is 2.55 bits per heavy atom. The number of carbonyl (C=O) groups is 1. The Morgan fingerprint density at radius 2 is 1.84 bits per heavy atom. The summed E-state index contributed by atoms with van der Waals surface area (Å²) in [6.45, 7) is 3.35. The molecule has 0 N–H and O–H groups in total. The largest absolute Gasteiger partial charge is 0.324 e. The van der Waals surface area contributed by atoms with Crippen LogP contribution in [0, 0.1) is 0 Å². The number of likely N-dealkylation sites (N-methyl/N-ethyl adjacent to an activating group) is 1. The van der Waals surface area contributed by atoms with E-state index in [0.29, 0.717) is 5.92 Å². The first-order valence-electron chi connectivity index (χ1n) is 11.3. The van der Waals surface area contributed by atoms with E-state index in [1.807, 2.05) is 21.9 Å².